The zero-order valence-corrected chi connectivity index (χ0v) is 12.6. The normalized spacial score (nSPS) is 22.0. The Morgan fingerprint density at radius 3 is 3.10 bits per heavy atom. The minimum atomic E-state index is -0.180. The first kappa shape index (κ1) is 14.1. The summed E-state index contributed by atoms with van der Waals surface area (Å²) in [7, 11) is 0. The number of hydrogen-bond donors (Lipinski definition) is 1. The fourth-order valence-electron chi connectivity index (χ4n) is 3.21. The molecule has 0 spiro atoms. The molecule has 1 aromatic rings. The molecular formula is C15H22N4O2. The van der Waals surface area contributed by atoms with Crippen LogP contribution in [0.15, 0.2) is 6.33 Å². The van der Waals surface area contributed by atoms with Crippen molar-refractivity contribution < 1.29 is 9.59 Å². The number of nitrogens with one attached hydrogen (secondary N) is 1. The molecule has 1 atom stereocenters. The van der Waals surface area contributed by atoms with Gasteiger partial charge in [-0.3, -0.25) is 9.59 Å². The molecule has 2 aliphatic heterocycles. The molecule has 21 heavy (non-hydrogen) atoms. The number of amides is 2. The van der Waals surface area contributed by atoms with Crippen molar-refractivity contribution in [2.75, 3.05) is 19.6 Å². The highest BCUT2D eigenvalue weighted by molar-refractivity contribution is 5.89. The van der Waals surface area contributed by atoms with Gasteiger partial charge in [0.1, 0.15) is 0 Å². The molecule has 0 bridgehead atoms. The molecule has 0 aromatic carbocycles. The van der Waals surface area contributed by atoms with Gasteiger partial charge in [0.05, 0.1) is 30.2 Å². The largest absolute Gasteiger partial charge is 0.347 e. The lowest BCUT2D eigenvalue weighted by Crippen LogP contribution is -2.40. The van der Waals surface area contributed by atoms with Gasteiger partial charge in [0.2, 0.25) is 11.8 Å². The highest BCUT2D eigenvalue weighted by atomic mass is 16.2. The number of imidazole rings is 1. The number of hydrogen-bond acceptors (Lipinski definition) is 3. The SMILES string of the molecule is CC(C)CN1C[C@@H](C(=O)N2CCc3nc[nH]c3C2)CC1=O. The van der Waals surface area contributed by atoms with Gasteiger partial charge in [-0.05, 0) is 5.92 Å². The van der Waals surface area contributed by atoms with Crippen molar-refractivity contribution in [1.82, 2.24) is 19.8 Å². The molecule has 2 aliphatic rings. The van der Waals surface area contributed by atoms with E-state index in [-0.39, 0.29) is 17.7 Å². The van der Waals surface area contributed by atoms with Crippen molar-refractivity contribution in [2.45, 2.75) is 33.2 Å². The second-order valence-electron chi connectivity index (χ2n) is 6.43. The van der Waals surface area contributed by atoms with Crippen molar-refractivity contribution in [3.05, 3.63) is 17.7 Å². The van der Waals surface area contributed by atoms with Crippen LogP contribution in [0, 0.1) is 11.8 Å². The van der Waals surface area contributed by atoms with Crippen LogP contribution in [-0.2, 0) is 22.6 Å². The topological polar surface area (TPSA) is 69.3 Å². The predicted molar refractivity (Wildman–Crippen MR) is 77.2 cm³/mol. The molecule has 0 aliphatic carbocycles. The minimum Gasteiger partial charge on any atom is -0.347 e. The molecule has 1 N–H and O–H groups in total. The lowest BCUT2D eigenvalue weighted by Gasteiger charge is -2.28. The quantitative estimate of drug-likeness (QED) is 0.895. The van der Waals surface area contributed by atoms with Crippen LogP contribution in [0.4, 0.5) is 0 Å². The highest BCUT2D eigenvalue weighted by Crippen LogP contribution is 2.24. The van der Waals surface area contributed by atoms with Crippen LogP contribution in [0.2, 0.25) is 0 Å². The van der Waals surface area contributed by atoms with Gasteiger partial charge in [0.15, 0.2) is 0 Å². The summed E-state index contributed by atoms with van der Waals surface area (Å²) in [5.41, 5.74) is 2.08. The van der Waals surface area contributed by atoms with Crippen molar-refractivity contribution in [3.8, 4) is 0 Å². The monoisotopic (exact) mass is 290 g/mol. The number of nitrogens with zero attached hydrogens (tertiary/aromatic N) is 3. The second kappa shape index (κ2) is 5.50. The standard InChI is InChI=1S/C15H22N4O2/c1-10(2)6-19-7-11(5-14(19)20)15(21)18-4-3-12-13(8-18)17-9-16-12/h9-11H,3-8H2,1-2H3,(H,16,17)/t11-/m0/s1. The molecular weight excluding hydrogens is 268 g/mol. The molecule has 3 rings (SSSR count). The molecule has 6 heteroatoms. The Hall–Kier alpha value is -1.85. The second-order valence-corrected chi connectivity index (χ2v) is 6.43. The van der Waals surface area contributed by atoms with Crippen molar-refractivity contribution >= 4 is 11.8 Å². The van der Waals surface area contributed by atoms with Gasteiger partial charge in [-0.15, -0.1) is 0 Å². The number of fused-ring (bicyclic) bond motifs is 1. The highest BCUT2D eigenvalue weighted by Gasteiger charge is 2.37. The zero-order valence-electron chi connectivity index (χ0n) is 12.6. The van der Waals surface area contributed by atoms with E-state index in [9.17, 15) is 9.59 Å². The van der Waals surface area contributed by atoms with E-state index in [4.69, 9.17) is 0 Å². The van der Waals surface area contributed by atoms with E-state index in [1.807, 2.05) is 9.80 Å². The molecule has 0 radical (unpaired) electrons. The van der Waals surface area contributed by atoms with Crippen LogP contribution >= 0.6 is 0 Å². The van der Waals surface area contributed by atoms with Crippen molar-refractivity contribution in [1.29, 1.82) is 0 Å². The first-order chi connectivity index (χ1) is 10.0. The number of aromatic amines is 1. The summed E-state index contributed by atoms with van der Waals surface area (Å²) in [6.07, 6.45) is 2.83. The molecule has 0 saturated carbocycles. The molecule has 1 saturated heterocycles. The van der Waals surface area contributed by atoms with Gasteiger partial charge in [0, 0.05) is 32.5 Å². The molecule has 6 nitrogen and oxygen atoms in total. The molecule has 3 heterocycles. The van der Waals surface area contributed by atoms with Crippen molar-refractivity contribution in [3.63, 3.8) is 0 Å². The molecule has 1 fully saturated rings. The number of likely N-dealkylation sites (tertiary alicyclic amines) is 1. The number of rotatable bonds is 3. The van der Waals surface area contributed by atoms with Crippen LogP contribution in [-0.4, -0.2) is 51.2 Å². The van der Waals surface area contributed by atoms with Crippen LogP contribution < -0.4 is 0 Å². The number of carbonyl (C=O) groups is 2. The lowest BCUT2D eigenvalue weighted by molar-refractivity contribution is -0.136. The average molecular weight is 290 g/mol. The van der Waals surface area contributed by atoms with Gasteiger partial charge in [-0.1, -0.05) is 13.8 Å². The summed E-state index contributed by atoms with van der Waals surface area (Å²) in [4.78, 5) is 35.7. The Bertz CT molecular complexity index is 552. The van der Waals surface area contributed by atoms with E-state index in [2.05, 4.69) is 23.8 Å². The van der Waals surface area contributed by atoms with E-state index >= 15 is 0 Å². The van der Waals surface area contributed by atoms with Crippen LogP contribution in [0.3, 0.4) is 0 Å². The first-order valence-electron chi connectivity index (χ1n) is 7.62. The van der Waals surface area contributed by atoms with Gasteiger partial charge < -0.3 is 14.8 Å². The third-order valence-corrected chi connectivity index (χ3v) is 4.24. The molecule has 0 unspecified atom stereocenters. The van der Waals surface area contributed by atoms with Crippen LogP contribution in [0.25, 0.3) is 0 Å². The minimum absolute atomic E-state index is 0.106. The zero-order chi connectivity index (χ0) is 15.0. The maximum Gasteiger partial charge on any atom is 0.228 e. The molecule has 2 amide bonds. The summed E-state index contributed by atoms with van der Waals surface area (Å²) < 4.78 is 0. The number of carbonyl (C=O) groups excluding carboxylic acids is 2. The van der Waals surface area contributed by atoms with Gasteiger partial charge >= 0.3 is 0 Å². The maximum absolute atomic E-state index is 12.6. The summed E-state index contributed by atoms with van der Waals surface area (Å²) in [6, 6.07) is 0. The summed E-state index contributed by atoms with van der Waals surface area (Å²) in [5.74, 6) is 0.474. The third-order valence-electron chi connectivity index (χ3n) is 4.24. The number of aromatic nitrogens is 2. The average Bonchev–Trinajstić information content (AvgIpc) is 3.04. The maximum atomic E-state index is 12.6. The predicted octanol–water partition coefficient (Wildman–Crippen LogP) is 0.799. The van der Waals surface area contributed by atoms with Gasteiger partial charge in [0.25, 0.3) is 0 Å². The number of H-pyrrole nitrogens is 1. The van der Waals surface area contributed by atoms with E-state index < -0.39 is 0 Å². The van der Waals surface area contributed by atoms with E-state index in [1.165, 1.54) is 0 Å². The Morgan fingerprint density at radius 2 is 2.33 bits per heavy atom. The molecule has 1 aromatic heterocycles. The Balaban J connectivity index is 1.63. The van der Waals surface area contributed by atoms with Crippen LogP contribution in [0.1, 0.15) is 31.7 Å². The summed E-state index contributed by atoms with van der Waals surface area (Å²) >= 11 is 0. The summed E-state index contributed by atoms with van der Waals surface area (Å²) in [5, 5.41) is 0. The van der Waals surface area contributed by atoms with Crippen molar-refractivity contribution in [2.24, 2.45) is 11.8 Å². The van der Waals surface area contributed by atoms with E-state index in [1.54, 1.807) is 6.33 Å². The Kier molecular flexibility index (Phi) is 3.69. The van der Waals surface area contributed by atoms with Gasteiger partial charge in [-0.25, -0.2) is 4.98 Å². The first-order valence-corrected chi connectivity index (χ1v) is 7.62. The smallest absolute Gasteiger partial charge is 0.228 e. The van der Waals surface area contributed by atoms with Crippen LogP contribution in [0.5, 0.6) is 0 Å². The van der Waals surface area contributed by atoms with E-state index in [0.717, 1.165) is 24.4 Å². The van der Waals surface area contributed by atoms with E-state index in [0.29, 0.717) is 32.0 Å². The molecule has 114 valence electrons. The summed E-state index contributed by atoms with van der Waals surface area (Å²) in [6.45, 7) is 6.78. The Labute approximate surface area is 124 Å². The van der Waals surface area contributed by atoms with Gasteiger partial charge in [-0.2, -0.15) is 0 Å². The third kappa shape index (κ3) is 2.80. The Morgan fingerprint density at radius 1 is 1.52 bits per heavy atom. The fraction of sp³-hybridized carbons (Fsp3) is 0.667. The lowest BCUT2D eigenvalue weighted by atomic mass is 10.0. The fourth-order valence-corrected chi connectivity index (χ4v) is 3.21.